The van der Waals surface area contributed by atoms with E-state index in [0.717, 1.165) is 72.4 Å². The maximum absolute atomic E-state index is 13.9. The van der Waals surface area contributed by atoms with Gasteiger partial charge in [0.05, 0.1) is 16.7 Å². The van der Waals surface area contributed by atoms with Crippen molar-refractivity contribution >= 4 is 22.8 Å². The zero-order valence-corrected chi connectivity index (χ0v) is 21.4. The lowest BCUT2D eigenvalue weighted by Crippen LogP contribution is -2.54. The Hall–Kier alpha value is -3.00. The second-order valence-electron chi connectivity index (χ2n) is 11.5. The fourth-order valence-corrected chi connectivity index (χ4v) is 6.86. The van der Waals surface area contributed by atoms with Crippen LogP contribution < -0.4 is 10.2 Å². The van der Waals surface area contributed by atoms with E-state index in [0.29, 0.717) is 17.9 Å². The van der Waals surface area contributed by atoms with Gasteiger partial charge in [-0.2, -0.15) is 0 Å². The molecule has 37 heavy (non-hydrogen) atoms. The smallest absolute Gasteiger partial charge is 0.412 e. The molecule has 2 aliphatic heterocycles. The number of aryl methyl sites for hydroxylation is 1. The van der Waals surface area contributed by atoms with Crippen LogP contribution in [-0.4, -0.2) is 39.9 Å². The first-order valence-corrected chi connectivity index (χ1v) is 13.5. The molecule has 8 heteroatoms. The molecule has 1 saturated carbocycles. The number of anilines is 1. The zero-order chi connectivity index (χ0) is 25.9. The highest BCUT2D eigenvalue weighted by Crippen LogP contribution is 2.46. The SMILES string of the molecule is CC(Cc1ccc(F)c(F)c1)c1nc2c3c(ccc2n1C1CCC2(CC1)CNC2)N(C(=O)O)C(C)CC3. The largest absolute Gasteiger partial charge is 0.465 e. The first-order valence-electron chi connectivity index (χ1n) is 13.5. The van der Waals surface area contributed by atoms with Crippen molar-refractivity contribution in [2.45, 2.75) is 76.8 Å². The molecule has 2 fully saturated rings. The van der Waals surface area contributed by atoms with Crippen molar-refractivity contribution < 1.29 is 18.7 Å². The number of fused-ring (bicyclic) bond motifs is 3. The predicted molar refractivity (Wildman–Crippen MR) is 139 cm³/mol. The van der Waals surface area contributed by atoms with E-state index in [-0.39, 0.29) is 12.0 Å². The van der Waals surface area contributed by atoms with Crippen LogP contribution in [0.15, 0.2) is 30.3 Å². The minimum Gasteiger partial charge on any atom is -0.465 e. The van der Waals surface area contributed by atoms with E-state index in [1.807, 2.05) is 19.1 Å². The molecular weight excluding hydrogens is 474 g/mol. The Morgan fingerprint density at radius 3 is 2.57 bits per heavy atom. The van der Waals surface area contributed by atoms with Gasteiger partial charge in [-0.3, -0.25) is 4.90 Å². The van der Waals surface area contributed by atoms with Gasteiger partial charge in [-0.1, -0.05) is 13.0 Å². The van der Waals surface area contributed by atoms with Crippen LogP contribution in [0.5, 0.6) is 0 Å². The first kappa shape index (κ1) is 24.3. The number of imidazole rings is 1. The molecule has 2 unspecified atom stereocenters. The molecule has 2 atom stereocenters. The average molecular weight is 509 g/mol. The molecule has 3 aliphatic rings. The van der Waals surface area contributed by atoms with Crippen molar-refractivity contribution in [1.29, 1.82) is 0 Å². The third-order valence-electron chi connectivity index (χ3n) is 9.04. The van der Waals surface area contributed by atoms with Gasteiger partial charge in [-0.25, -0.2) is 18.6 Å². The van der Waals surface area contributed by atoms with Crippen molar-refractivity contribution in [1.82, 2.24) is 14.9 Å². The van der Waals surface area contributed by atoms with Crippen LogP contribution in [0.4, 0.5) is 19.3 Å². The molecule has 6 nitrogen and oxygen atoms in total. The van der Waals surface area contributed by atoms with Crippen LogP contribution in [0.3, 0.4) is 0 Å². The Morgan fingerprint density at radius 1 is 1.16 bits per heavy atom. The summed E-state index contributed by atoms with van der Waals surface area (Å²) in [4.78, 5) is 18.7. The van der Waals surface area contributed by atoms with E-state index in [4.69, 9.17) is 4.98 Å². The molecule has 1 saturated heterocycles. The van der Waals surface area contributed by atoms with E-state index < -0.39 is 17.7 Å². The normalized spacial score (nSPS) is 22.2. The molecule has 1 spiro atoms. The van der Waals surface area contributed by atoms with E-state index in [1.165, 1.54) is 29.9 Å². The number of benzene rings is 2. The molecule has 2 aromatic carbocycles. The highest BCUT2D eigenvalue weighted by Gasteiger charge is 2.41. The Labute approximate surface area is 215 Å². The number of aromatic nitrogens is 2. The van der Waals surface area contributed by atoms with Gasteiger partial charge in [0.1, 0.15) is 5.82 Å². The van der Waals surface area contributed by atoms with Crippen LogP contribution in [0.25, 0.3) is 11.0 Å². The molecule has 1 aliphatic carbocycles. The first-order chi connectivity index (χ1) is 17.8. The summed E-state index contributed by atoms with van der Waals surface area (Å²) in [5.74, 6) is -0.746. The van der Waals surface area contributed by atoms with Crippen LogP contribution in [-0.2, 0) is 12.8 Å². The number of carboxylic acid groups (broad SMARTS) is 1. The van der Waals surface area contributed by atoms with Gasteiger partial charge in [-0.15, -0.1) is 0 Å². The molecule has 1 aromatic heterocycles. The monoisotopic (exact) mass is 508 g/mol. The lowest BCUT2D eigenvalue weighted by molar-refractivity contribution is 0.0842. The van der Waals surface area contributed by atoms with Gasteiger partial charge in [0.25, 0.3) is 0 Å². The summed E-state index contributed by atoms with van der Waals surface area (Å²) in [7, 11) is 0. The maximum atomic E-state index is 13.9. The molecule has 3 heterocycles. The van der Waals surface area contributed by atoms with Crippen molar-refractivity contribution in [2.75, 3.05) is 18.0 Å². The number of carbonyl (C=O) groups is 1. The maximum Gasteiger partial charge on any atom is 0.412 e. The second kappa shape index (κ2) is 9.08. The minimum atomic E-state index is -0.939. The quantitative estimate of drug-likeness (QED) is 0.441. The molecule has 196 valence electrons. The molecule has 0 radical (unpaired) electrons. The molecule has 2 N–H and O–H groups in total. The molecular formula is C29H34F2N4O2. The third kappa shape index (κ3) is 4.10. The summed E-state index contributed by atoms with van der Waals surface area (Å²) in [5.41, 5.74) is 4.83. The highest BCUT2D eigenvalue weighted by molar-refractivity contribution is 5.94. The van der Waals surface area contributed by atoms with Crippen molar-refractivity contribution in [3.05, 3.63) is 58.9 Å². The van der Waals surface area contributed by atoms with Gasteiger partial charge in [0.15, 0.2) is 11.6 Å². The van der Waals surface area contributed by atoms with Crippen molar-refractivity contribution in [2.24, 2.45) is 5.41 Å². The highest BCUT2D eigenvalue weighted by atomic mass is 19.2. The van der Waals surface area contributed by atoms with Crippen molar-refractivity contribution in [3.63, 3.8) is 0 Å². The van der Waals surface area contributed by atoms with Gasteiger partial charge in [0.2, 0.25) is 0 Å². The fraction of sp³-hybridized carbons (Fsp3) is 0.517. The Balaban J connectivity index is 1.43. The Bertz CT molecular complexity index is 1360. The van der Waals surface area contributed by atoms with Crippen LogP contribution in [0.1, 0.15) is 74.9 Å². The van der Waals surface area contributed by atoms with Crippen LogP contribution in [0, 0.1) is 17.0 Å². The van der Waals surface area contributed by atoms with Crippen LogP contribution in [0.2, 0.25) is 0 Å². The number of hydrogen-bond donors (Lipinski definition) is 2. The number of nitrogens with zero attached hydrogens (tertiary/aromatic N) is 3. The summed E-state index contributed by atoms with van der Waals surface area (Å²) in [6.45, 7) is 6.24. The topological polar surface area (TPSA) is 70.4 Å². The van der Waals surface area contributed by atoms with Gasteiger partial charge in [-0.05, 0) is 87.1 Å². The average Bonchev–Trinajstić information content (AvgIpc) is 3.25. The summed E-state index contributed by atoms with van der Waals surface area (Å²) in [6, 6.07) is 8.33. The number of nitrogens with one attached hydrogen (secondary N) is 1. The van der Waals surface area contributed by atoms with Gasteiger partial charge in [0, 0.05) is 36.7 Å². The summed E-state index contributed by atoms with van der Waals surface area (Å²) >= 11 is 0. The van der Waals surface area contributed by atoms with E-state index in [1.54, 1.807) is 6.07 Å². The van der Waals surface area contributed by atoms with E-state index >= 15 is 0 Å². The molecule has 3 aromatic rings. The number of rotatable bonds is 4. The molecule has 6 rings (SSSR count). The third-order valence-corrected chi connectivity index (χ3v) is 9.04. The van der Waals surface area contributed by atoms with Crippen LogP contribution >= 0.6 is 0 Å². The van der Waals surface area contributed by atoms with Gasteiger partial charge < -0.3 is 15.0 Å². The van der Waals surface area contributed by atoms with Gasteiger partial charge >= 0.3 is 6.09 Å². The summed E-state index contributed by atoms with van der Waals surface area (Å²) < 4.78 is 29.9. The zero-order valence-electron chi connectivity index (χ0n) is 21.4. The lowest BCUT2D eigenvalue weighted by Gasteiger charge is -2.48. The van der Waals surface area contributed by atoms with Crippen molar-refractivity contribution in [3.8, 4) is 0 Å². The second-order valence-corrected chi connectivity index (χ2v) is 11.5. The molecule has 0 bridgehead atoms. The number of halogens is 2. The number of amides is 1. The molecule has 1 amide bonds. The number of hydrogen-bond acceptors (Lipinski definition) is 3. The fourth-order valence-electron chi connectivity index (χ4n) is 6.86. The predicted octanol–water partition coefficient (Wildman–Crippen LogP) is 6.18. The van der Waals surface area contributed by atoms with E-state index in [9.17, 15) is 18.7 Å². The summed E-state index contributed by atoms with van der Waals surface area (Å²) in [5, 5.41) is 13.3. The Kier molecular flexibility index (Phi) is 5.97. The lowest BCUT2D eigenvalue weighted by atomic mass is 9.68. The van der Waals surface area contributed by atoms with E-state index in [2.05, 4.69) is 16.8 Å². The Morgan fingerprint density at radius 2 is 1.92 bits per heavy atom. The standard InChI is InChI=1S/C29H34F2N4O2/c1-17(13-19-4-6-22(30)23(31)14-19)27-33-26-21-5-3-18(2)34(28(36)37)24(21)7-8-25(26)35(27)20-9-11-29(12-10-20)15-32-16-29/h4,6-8,14,17-18,20,32H,3,5,9-13,15-16H2,1-2H3,(H,36,37). The summed E-state index contributed by atoms with van der Waals surface area (Å²) in [6.07, 6.45) is 5.65. The minimum absolute atomic E-state index is 0.0211.